The lowest BCUT2D eigenvalue weighted by Gasteiger charge is -2.06. The van der Waals surface area contributed by atoms with E-state index in [9.17, 15) is 9.59 Å². The van der Waals surface area contributed by atoms with E-state index in [0.717, 1.165) is 5.56 Å². The van der Waals surface area contributed by atoms with Crippen molar-refractivity contribution in [1.82, 2.24) is 0 Å². The van der Waals surface area contributed by atoms with E-state index in [1.165, 1.54) is 11.3 Å². The highest BCUT2D eigenvalue weighted by Gasteiger charge is 2.11. The first-order valence-electron chi connectivity index (χ1n) is 7.79. The third-order valence-corrected chi connectivity index (χ3v) is 4.34. The number of ether oxygens (including phenoxy) is 2. The van der Waals surface area contributed by atoms with Crippen LogP contribution in [0.3, 0.4) is 0 Å². The van der Waals surface area contributed by atoms with E-state index in [1.54, 1.807) is 36.4 Å². The van der Waals surface area contributed by atoms with E-state index in [4.69, 9.17) is 9.47 Å². The molecule has 0 saturated carbocycles. The van der Waals surface area contributed by atoms with E-state index in [0.29, 0.717) is 29.2 Å². The summed E-state index contributed by atoms with van der Waals surface area (Å²) in [4.78, 5) is 24.4. The lowest BCUT2D eigenvalue weighted by atomic mass is 10.2. The molecule has 0 aliphatic rings. The molecule has 0 N–H and O–H groups in total. The van der Waals surface area contributed by atoms with Crippen molar-refractivity contribution in [2.24, 2.45) is 0 Å². The van der Waals surface area contributed by atoms with Crippen LogP contribution in [0.1, 0.15) is 25.6 Å². The van der Waals surface area contributed by atoms with Crippen LogP contribution in [0.5, 0.6) is 5.75 Å². The zero-order chi connectivity index (χ0) is 17.5. The van der Waals surface area contributed by atoms with Crippen molar-refractivity contribution in [3.05, 3.63) is 88.1 Å². The summed E-state index contributed by atoms with van der Waals surface area (Å²) >= 11 is 1.32. The van der Waals surface area contributed by atoms with Gasteiger partial charge in [-0.25, -0.2) is 9.59 Å². The van der Waals surface area contributed by atoms with Crippen molar-refractivity contribution in [3.63, 3.8) is 0 Å². The standard InChI is InChI=1S/C20H16O4S/c21-19(23-13-12-15-5-2-1-3-6-15)16-8-10-17(11-9-16)24-20(22)18-7-4-14-25-18/h1-11,14H,12-13H2. The van der Waals surface area contributed by atoms with E-state index < -0.39 is 11.9 Å². The van der Waals surface area contributed by atoms with E-state index in [1.807, 2.05) is 35.7 Å². The Morgan fingerprint density at radius 3 is 2.28 bits per heavy atom. The van der Waals surface area contributed by atoms with Gasteiger partial charge < -0.3 is 9.47 Å². The van der Waals surface area contributed by atoms with E-state index in [2.05, 4.69) is 0 Å². The van der Waals surface area contributed by atoms with Crippen molar-refractivity contribution in [2.45, 2.75) is 6.42 Å². The van der Waals surface area contributed by atoms with Crippen LogP contribution in [-0.4, -0.2) is 18.5 Å². The van der Waals surface area contributed by atoms with Crippen LogP contribution in [0.2, 0.25) is 0 Å². The Hall–Kier alpha value is -2.92. The maximum absolute atomic E-state index is 12.0. The molecule has 0 fully saturated rings. The monoisotopic (exact) mass is 352 g/mol. The van der Waals surface area contributed by atoms with Gasteiger partial charge in [0, 0.05) is 6.42 Å². The number of hydrogen-bond acceptors (Lipinski definition) is 5. The summed E-state index contributed by atoms with van der Waals surface area (Å²) in [7, 11) is 0. The lowest BCUT2D eigenvalue weighted by Crippen LogP contribution is -2.09. The molecule has 25 heavy (non-hydrogen) atoms. The van der Waals surface area contributed by atoms with Crippen LogP contribution in [0, 0.1) is 0 Å². The summed E-state index contributed by atoms with van der Waals surface area (Å²) in [5.74, 6) is -0.417. The fraction of sp³-hybridized carbons (Fsp3) is 0.100. The largest absolute Gasteiger partial charge is 0.462 e. The topological polar surface area (TPSA) is 52.6 Å². The predicted octanol–water partition coefficient (Wildman–Crippen LogP) is 4.37. The molecule has 3 rings (SSSR count). The van der Waals surface area contributed by atoms with Crippen molar-refractivity contribution < 1.29 is 19.1 Å². The molecule has 0 atom stereocenters. The highest BCUT2D eigenvalue weighted by atomic mass is 32.1. The molecule has 4 nitrogen and oxygen atoms in total. The molecule has 0 bridgehead atoms. The molecule has 0 spiro atoms. The highest BCUT2D eigenvalue weighted by Crippen LogP contribution is 2.17. The normalized spacial score (nSPS) is 10.2. The molecule has 0 aliphatic carbocycles. The molecule has 1 heterocycles. The Balaban J connectivity index is 1.51. The molecule has 3 aromatic rings. The number of carbonyl (C=O) groups excluding carboxylic acids is 2. The lowest BCUT2D eigenvalue weighted by molar-refractivity contribution is 0.0509. The second-order valence-electron chi connectivity index (χ2n) is 5.26. The van der Waals surface area contributed by atoms with Crippen LogP contribution in [0.25, 0.3) is 0 Å². The van der Waals surface area contributed by atoms with Gasteiger partial charge in [0.15, 0.2) is 0 Å². The average Bonchev–Trinajstić information content (AvgIpc) is 3.18. The second-order valence-corrected chi connectivity index (χ2v) is 6.21. The van der Waals surface area contributed by atoms with Gasteiger partial charge in [0.05, 0.1) is 12.2 Å². The quantitative estimate of drug-likeness (QED) is 0.488. The maximum atomic E-state index is 12.0. The third-order valence-electron chi connectivity index (χ3n) is 3.49. The highest BCUT2D eigenvalue weighted by molar-refractivity contribution is 7.12. The predicted molar refractivity (Wildman–Crippen MR) is 96.1 cm³/mol. The number of carbonyl (C=O) groups is 2. The van der Waals surface area contributed by atoms with Gasteiger partial charge in [0.2, 0.25) is 0 Å². The number of thiophene rings is 1. The first-order valence-corrected chi connectivity index (χ1v) is 8.67. The Labute approximate surface area is 149 Å². The van der Waals surface area contributed by atoms with E-state index in [-0.39, 0.29) is 0 Å². The Kier molecular flexibility index (Phi) is 5.59. The maximum Gasteiger partial charge on any atom is 0.353 e. The zero-order valence-corrected chi connectivity index (χ0v) is 14.2. The summed E-state index contributed by atoms with van der Waals surface area (Å²) in [6.07, 6.45) is 0.670. The molecule has 126 valence electrons. The van der Waals surface area contributed by atoms with Crippen LogP contribution in [0.15, 0.2) is 72.1 Å². The Morgan fingerprint density at radius 1 is 0.840 bits per heavy atom. The first kappa shape index (κ1) is 16.9. The SMILES string of the molecule is O=C(OCCc1ccccc1)c1ccc(OC(=O)c2cccs2)cc1. The van der Waals surface area contributed by atoms with Gasteiger partial charge in [-0.05, 0) is 41.3 Å². The molecule has 0 radical (unpaired) electrons. The molecule has 0 unspecified atom stereocenters. The van der Waals surface area contributed by atoms with Crippen molar-refractivity contribution in [2.75, 3.05) is 6.61 Å². The molecule has 2 aromatic carbocycles. The summed E-state index contributed by atoms with van der Waals surface area (Å²) in [6.45, 7) is 0.317. The van der Waals surface area contributed by atoms with Gasteiger partial charge in [-0.1, -0.05) is 36.4 Å². The molecule has 0 amide bonds. The van der Waals surface area contributed by atoms with Crippen molar-refractivity contribution >= 4 is 23.3 Å². The number of hydrogen-bond donors (Lipinski definition) is 0. The molecule has 5 heteroatoms. The van der Waals surface area contributed by atoms with Gasteiger partial charge in [-0.15, -0.1) is 11.3 Å². The fourth-order valence-corrected chi connectivity index (χ4v) is 2.80. The number of esters is 2. The first-order chi connectivity index (χ1) is 12.2. The Morgan fingerprint density at radius 2 is 1.60 bits per heavy atom. The van der Waals surface area contributed by atoms with Crippen molar-refractivity contribution in [3.8, 4) is 5.75 Å². The Bertz CT molecular complexity index is 824. The minimum atomic E-state index is -0.409. The van der Waals surface area contributed by atoms with Gasteiger partial charge in [0.25, 0.3) is 0 Å². The summed E-state index contributed by atoms with van der Waals surface area (Å²) < 4.78 is 10.5. The molecule has 1 aromatic heterocycles. The average molecular weight is 352 g/mol. The van der Waals surface area contributed by atoms with Crippen LogP contribution < -0.4 is 4.74 Å². The van der Waals surface area contributed by atoms with Gasteiger partial charge in [0.1, 0.15) is 10.6 Å². The molecular formula is C20H16O4S. The van der Waals surface area contributed by atoms with Gasteiger partial charge in [-0.3, -0.25) is 0 Å². The number of benzene rings is 2. The third kappa shape index (κ3) is 4.78. The van der Waals surface area contributed by atoms with Crippen LogP contribution >= 0.6 is 11.3 Å². The second kappa shape index (κ2) is 8.26. The minimum absolute atomic E-state index is 0.317. The smallest absolute Gasteiger partial charge is 0.353 e. The minimum Gasteiger partial charge on any atom is -0.462 e. The van der Waals surface area contributed by atoms with Crippen molar-refractivity contribution in [1.29, 1.82) is 0 Å². The molecule has 0 aliphatic heterocycles. The summed E-state index contributed by atoms with van der Waals surface area (Å²) in [5, 5.41) is 1.81. The van der Waals surface area contributed by atoms with E-state index >= 15 is 0 Å². The number of rotatable bonds is 6. The van der Waals surface area contributed by atoms with Crippen LogP contribution in [-0.2, 0) is 11.2 Å². The summed E-state index contributed by atoms with van der Waals surface area (Å²) in [6, 6.07) is 19.7. The molecule has 0 saturated heterocycles. The van der Waals surface area contributed by atoms with Gasteiger partial charge >= 0.3 is 11.9 Å². The summed E-state index contributed by atoms with van der Waals surface area (Å²) in [5.41, 5.74) is 1.54. The van der Waals surface area contributed by atoms with Gasteiger partial charge in [-0.2, -0.15) is 0 Å². The van der Waals surface area contributed by atoms with Crippen LogP contribution in [0.4, 0.5) is 0 Å². The fourth-order valence-electron chi connectivity index (χ4n) is 2.20. The molecular weight excluding hydrogens is 336 g/mol. The zero-order valence-electron chi connectivity index (χ0n) is 13.4.